The summed E-state index contributed by atoms with van der Waals surface area (Å²) in [6.07, 6.45) is 6.29. The number of hydrogen-bond donors (Lipinski definition) is 1. The van der Waals surface area contributed by atoms with E-state index in [9.17, 15) is 10.1 Å². The molecule has 1 saturated carbocycles. The Kier molecular flexibility index (Phi) is 5.38. The molecule has 0 saturated heterocycles. The molecule has 110 valence electrons. The Balaban J connectivity index is 2.02. The minimum absolute atomic E-state index is 0.0973. The van der Waals surface area contributed by atoms with E-state index >= 15 is 0 Å². The highest BCUT2D eigenvalue weighted by molar-refractivity contribution is 6.31. The lowest BCUT2D eigenvalue weighted by Crippen LogP contribution is -2.33. The molecule has 2 unspecified atom stereocenters. The first kappa shape index (κ1) is 15.3. The van der Waals surface area contributed by atoms with Gasteiger partial charge >= 0.3 is 0 Å². The molecule has 4 nitrogen and oxygen atoms in total. The van der Waals surface area contributed by atoms with Crippen molar-refractivity contribution in [3.63, 3.8) is 0 Å². The molecule has 2 rings (SSSR count). The summed E-state index contributed by atoms with van der Waals surface area (Å²) >= 11 is 6.12. The van der Waals surface area contributed by atoms with E-state index in [2.05, 4.69) is 12.2 Å². The molecule has 2 atom stereocenters. The van der Waals surface area contributed by atoms with Crippen molar-refractivity contribution in [1.82, 2.24) is 5.32 Å². The Labute approximate surface area is 124 Å². The second-order valence-electron chi connectivity index (χ2n) is 5.64. The molecule has 1 N–H and O–H groups in total. The van der Waals surface area contributed by atoms with Gasteiger partial charge in [-0.2, -0.15) is 0 Å². The molecule has 20 heavy (non-hydrogen) atoms. The Morgan fingerprint density at radius 2 is 2.10 bits per heavy atom. The number of rotatable bonds is 4. The van der Waals surface area contributed by atoms with E-state index in [-0.39, 0.29) is 10.6 Å². The second-order valence-corrected chi connectivity index (χ2v) is 6.04. The molecular weight excluding hydrogens is 276 g/mol. The first-order chi connectivity index (χ1) is 9.58. The Bertz CT molecular complexity index is 479. The predicted octanol–water partition coefficient (Wildman–Crippen LogP) is 4.31. The van der Waals surface area contributed by atoms with Crippen LogP contribution in [-0.2, 0) is 6.54 Å². The largest absolute Gasteiger partial charge is 0.310 e. The average Bonchev–Trinajstić information content (AvgIpc) is 2.62. The van der Waals surface area contributed by atoms with Crippen molar-refractivity contribution < 1.29 is 4.92 Å². The summed E-state index contributed by atoms with van der Waals surface area (Å²) < 4.78 is 0. The van der Waals surface area contributed by atoms with Crippen LogP contribution in [0.1, 0.15) is 44.6 Å². The Morgan fingerprint density at radius 3 is 2.85 bits per heavy atom. The quantitative estimate of drug-likeness (QED) is 0.512. The Hall–Kier alpha value is -1.13. The van der Waals surface area contributed by atoms with E-state index in [1.807, 2.05) is 0 Å². The fraction of sp³-hybridized carbons (Fsp3) is 0.600. The normalized spacial score (nSPS) is 23.3. The van der Waals surface area contributed by atoms with Gasteiger partial charge in [-0.3, -0.25) is 10.1 Å². The summed E-state index contributed by atoms with van der Waals surface area (Å²) in [7, 11) is 0. The van der Waals surface area contributed by atoms with Gasteiger partial charge in [-0.05, 0) is 30.4 Å². The molecule has 0 spiro atoms. The number of hydrogen-bond acceptors (Lipinski definition) is 3. The summed E-state index contributed by atoms with van der Waals surface area (Å²) in [4.78, 5) is 10.4. The maximum Gasteiger partial charge on any atom is 0.269 e. The number of non-ortho nitro benzene ring substituents is 1. The lowest BCUT2D eigenvalue weighted by molar-refractivity contribution is -0.384. The summed E-state index contributed by atoms with van der Waals surface area (Å²) in [5.41, 5.74) is 0.900. The summed E-state index contributed by atoms with van der Waals surface area (Å²) in [6.45, 7) is 2.87. The van der Waals surface area contributed by atoms with Crippen LogP contribution in [0.4, 0.5) is 5.69 Å². The maximum absolute atomic E-state index is 10.8. The molecule has 1 aliphatic carbocycles. The van der Waals surface area contributed by atoms with Gasteiger partial charge in [-0.1, -0.05) is 37.8 Å². The zero-order valence-corrected chi connectivity index (χ0v) is 12.5. The number of benzene rings is 1. The molecule has 0 radical (unpaired) electrons. The van der Waals surface area contributed by atoms with Crippen molar-refractivity contribution in [2.75, 3.05) is 0 Å². The number of nitrogens with one attached hydrogen (secondary N) is 1. The van der Waals surface area contributed by atoms with Crippen molar-refractivity contribution in [3.8, 4) is 0 Å². The molecule has 1 aromatic rings. The van der Waals surface area contributed by atoms with Gasteiger partial charge in [0.25, 0.3) is 5.69 Å². The van der Waals surface area contributed by atoms with Crippen LogP contribution >= 0.6 is 11.6 Å². The van der Waals surface area contributed by atoms with Gasteiger partial charge in [-0.15, -0.1) is 0 Å². The third kappa shape index (κ3) is 3.93. The van der Waals surface area contributed by atoms with Gasteiger partial charge in [0.05, 0.1) is 4.92 Å². The first-order valence-electron chi connectivity index (χ1n) is 7.24. The fourth-order valence-corrected chi connectivity index (χ4v) is 3.03. The highest BCUT2D eigenvalue weighted by Gasteiger charge is 2.20. The predicted molar refractivity (Wildman–Crippen MR) is 81.0 cm³/mol. The van der Waals surface area contributed by atoms with E-state index in [4.69, 9.17) is 11.6 Å². The van der Waals surface area contributed by atoms with E-state index < -0.39 is 0 Å². The molecule has 1 fully saturated rings. The van der Waals surface area contributed by atoms with Gasteiger partial charge in [0, 0.05) is 29.7 Å². The average molecular weight is 297 g/mol. The maximum atomic E-state index is 10.8. The topological polar surface area (TPSA) is 55.2 Å². The minimum atomic E-state index is -0.381. The van der Waals surface area contributed by atoms with Crippen LogP contribution in [0, 0.1) is 16.0 Å². The highest BCUT2D eigenvalue weighted by atomic mass is 35.5. The summed E-state index contributed by atoms with van der Waals surface area (Å²) in [5, 5.41) is 14.9. The third-order valence-corrected chi connectivity index (χ3v) is 4.53. The molecule has 1 aromatic carbocycles. The molecule has 0 heterocycles. The zero-order chi connectivity index (χ0) is 14.5. The van der Waals surface area contributed by atoms with Crippen LogP contribution in [0.25, 0.3) is 0 Å². The molecular formula is C15H21ClN2O2. The molecule has 0 bridgehead atoms. The van der Waals surface area contributed by atoms with Crippen LogP contribution < -0.4 is 5.32 Å². The third-order valence-electron chi connectivity index (χ3n) is 4.16. The monoisotopic (exact) mass is 296 g/mol. The highest BCUT2D eigenvalue weighted by Crippen LogP contribution is 2.25. The van der Waals surface area contributed by atoms with Gasteiger partial charge in [-0.25, -0.2) is 0 Å². The molecule has 1 aliphatic rings. The van der Waals surface area contributed by atoms with Crippen molar-refractivity contribution in [2.24, 2.45) is 5.92 Å². The fourth-order valence-electron chi connectivity index (χ4n) is 2.85. The van der Waals surface area contributed by atoms with Crippen LogP contribution in [-0.4, -0.2) is 11.0 Å². The van der Waals surface area contributed by atoms with Crippen LogP contribution in [0.2, 0.25) is 5.02 Å². The van der Waals surface area contributed by atoms with E-state index in [1.165, 1.54) is 38.2 Å². The lowest BCUT2D eigenvalue weighted by atomic mass is 9.97. The zero-order valence-electron chi connectivity index (χ0n) is 11.8. The van der Waals surface area contributed by atoms with Crippen LogP contribution in [0.3, 0.4) is 0 Å². The lowest BCUT2D eigenvalue weighted by Gasteiger charge is -2.23. The van der Waals surface area contributed by atoms with Gasteiger partial charge < -0.3 is 5.32 Å². The van der Waals surface area contributed by atoms with Crippen molar-refractivity contribution >= 4 is 17.3 Å². The number of nitro groups is 1. The van der Waals surface area contributed by atoms with Crippen LogP contribution in [0.5, 0.6) is 0 Å². The van der Waals surface area contributed by atoms with E-state index in [1.54, 1.807) is 12.1 Å². The molecule has 0 aliphatic heterocycles. The standard InChI is InChI=1S/C15H21ClN2O2/c1-11-5-3-2-4-6-15(11)17-10-12-9-13(18(19)20)7-8-14(12)16/h7-9,11,15,17H,2-6,10H2,1H3. The second kappa shape index (κ2) is 7.04. The SMILES string of the molecule is CC1CCCCCC1NCc1cc([N+](=O)[O-])ccc1Cl. The molecule has 0 amide bonds. The van der Waals surface area contributed by atoms with Gasteiger partial charge in [0.15, 0.2) is 0 Å². The number of halogens is 1. The minimum Gasteiger partial charge on any atom is -0.310 e. The van der Waals surface area contributed by atoms with E-state index in [0.717, 1.165) is 5.56 Å². The van der Waals surface area contributed by atoms with Crippen molar-refractivity contribution in [1.29, 1.82) is 0 Å². The summed E-state index contributed by atoms with van der Waals surface area (Å²) in [5.74, 6) is 0.648. The van der Waals surface area contributed by atoms with Crippen molar-refractivity contribution in [2.45, 2.75) is 51.6 Å². The van der Waals surface area contributed by atoms with Gasteiger partial charge in [0.2, 0.25) is 0 Å². The number of nitrogens with zero attached hydrogens (tertiary/aromatic N) is 1. The van der Waals surface area contributed by atoms with E-state index in [0.29, 0.717) is 23.5 Å². The molecule has 0 aromatic heterocycles. The Morgan fingerprint density at radius 1 is 1.35 bits per heavy atom. The van der Waals surface area contributed by atoms with Crippen LogP contribution in [0.15, 0.2) is 18.2 Å². The molecule has 5 heteroatoms. The van der Waals surface area contributed by atoms with Gasteiger partial charge in [0.1, 0.15) is 0 Å². The smallest absolute Gasteiger partial charge is 0.269 e. The number of nitro benzene ring substituents is 1. The first-order valence-corrected chi connectivity index (χ1v) is 7.62. The van der Waals surface area contributed by atoms with Crippen molar-refractivity contribution in [3.05, 3.63) is 38.9 Å². The summed E-state index contributed by atoms with van der Waals surface area (Å²) in [6, 6.07) is 5.09.